The van der Waals surface area contributed by atoms with Crippen LogP contribution in [0.15, 0.2) is 24.4 Å². The highest BCUT2D eigenvalue weighted by atomic mass is 19.1. The minimum Gasteiger partial charge on any atom is -0.486 e. The van der Waals surface area contributed by atoms with E-state index in [4.69, 9.17) is 9.47 Å². The van der Waals surface area contributed by atoms with Crippen molar-refractivity contribution in [2.24, 2.45) is 0 Å². The van der Waals surface area contributed by atoms with Crippen molar-refractivity contribution < 1.29 is 13.9 Å². The van der Waals surface area contributed by atoms with Gasteiger partial charge in [0.1, 0.15) is 18.2 Å². The van der Waals surface area contributed by atoms with Crippen molar-refractivity contribution in [3.05, 3.63) is 37.1 Å². The van der Waals surface area contributed by atoms with E-state index in [0.29, 0.717) is 29.0 Å². The van der Waals surface area contributed by atoms with Crippen molar-refractivity contribution in [1.29, 1.82) is 0 Å². The summed E-state index contributed by atoms with van der Waals surface area (Å²) in [5.74, 6) is 0.536. The number of ether oxygens (including phenoxy) is 2. The fourth-order valence-electron chi connectivity index (χ4n) is 1.77. The van der Waals surface area contributed by atoms with E-state index in [0.717, 1.165) is 0 Å². The maximum absolute atomic E-state index is 13.7. The van der Waals surface area contributed by atoms with E-state index in [-0.39, 0.29) is 6.10 Å². The van der Waals surface area contributed by atoms with Gasteiger partial charge in [0.2, 0.25) is 0 Å². The molecule has 0 fully saturated rings. The van der Waals surface area contributed by atoms with Crippen LogP contribution in [-0.4, -0.2) is 17.7 Å². The number of benzene rings is 1. The van der Waals surface area contributed by atoms with Gasteiger partial charge in [-0.05, 0) is 19.1 Å². The van der Waals surface area contributed by atoms with Crippen molar-refractivity contribution in [2.45, 2.75) is 6.10 Å². The number of hydrogen-bond donors (Lipinski definition) is 0. The highest BCUT2D eigenvalue weighted by molar-refractivity contribution is 5.88. The van der Waals surface area contributed by atoms with Gasteiger partial charge in [-0.25, -0.2) is 4.39 Å². The maximum atomic E-state index is 13.7. The molecule has 0 saturated carbocycles. The zero-order valence-electron chi connectivity index (χ0n) is 8.44. The van der Waals surface area contributed by atoms with E-state index in [1.165, 1.54) is 6.07 Å². The minimum absolute atomic E-state index is 0.277. The number of halogens is 1. The normalized spacial score (nSPS) is 18.8. The molecular weight excluding hydrogens is 209 g/mol. The lowest BCUT2D eigenvalue weighted by molar-refractivity contribution is 0.123. The maximum Gasteiger partial charge on any atom is 0.171 e. The Morgan fingerprint density at radius 1 is 1.50 bits per heavy atom. The van der Waals surface area contributed by atoms with Crippen LogP contribution in [0.4, 0.5) is 4.39 Å². The molecule has 3 nitrogen and oxygen atoms in total. The van der Waals surface area contributed by atoms with E-state index in [1.54, 1.807) is 18.3 Å². The molecule has 0 aliphatic carbocycles. The fourth-order valence-corrected chi connectivity index (χ4v) is 1.77. The third-order valence-corrected chi connectivity index (χ3v) is 2.47. The lowest BCUT2D eigenvalue weighted by atomic mass is 10.1. The minimum atomic E-state index is -0.402. The van der Waals surface area contributed by atoms with E-state index in [2.05, 4.69) is 11.9 Å². The number of hydrogen-bond acceptors (Lipinski definition) is 3. The molecule has 1 atom stereocenters. The van der Waals surface area contributed by atoms with E-state index >= 15 is 0 Å². The third-order valence-electron chi connectivity index (χ3n) is 2.47. The molecule has 0 unspecified atom stereocenters. The first-order chi connectivity index (χ1) is 7.75. The molecular formula is C12H9FNO2. The van der Waals surface area contributed by atoms with Crippen molar-refractivity contribution in [2.75, 3.05) is 6.61 Å². The molecule has 1 aliphatic heterocycles. The zero-order valence-corrected chi connectivity index (χ0v) is 8.44. The molecule has 3 rings (SSSR count). The standard InChI is InChI=1S/C12H9FNO2/c1-7-6-15-10-5-9(13)11-8(12(10)16-7)3-2-4-14-11/h2-5,7H,1,6H2/t7-/m1/s1. The van der Waals surface area contributed by atoms with Crippen LogP contribution in [0.5, 0.6) is 11.5 Å². The molecule has 0 saturated heterocycles. The van der Waals surface area contributed by atoms with Crippen molar-refractivity contribution in [3.63, 3.8) is 0 Å². The number of pyridine rings is 1. The second-order valence-corrected chi connectivity index (χ2v) is 3.64. The topological polar surface area (TPSA) is 31.4 Å². The Labute approximate surface area is 91.8 Å². The average Bonchev–Trinajstić information content (AvgIpc) is 2.31. The first-order valence-corrected chi connectivity index (χ1v) is 4.95. The monoisotopic (exact) mass is 218 g/mol. The van der Waals surface area contributed by atoms with Crippen molar-refractivity contribution in [3.8, 4) is 11.5 Å². The summed E-state index contributed by atoms with van der Waals surface area (Å²) >= 11 is 0. The van der Waals surface area contributed by atoms with Gasteiger partial charge in [0, 0.05) is 17.6 Å². The van der Waals surface area contributed by atoms with Crippen molar-refractivity contribution >= 4 is 10.9 Å². The van der Waals surface area contributed by atoms with Crippen LogP contribution in [0, 0.1) is 12.7 Å². The second kappa shape index (κ2) is 3.33. The summed E-state index contributed by atoms with van der Waals surface area (Å²) in [7, 11) is 0. The average molecular weight is 218 g/mol. The summed E-state index contributed by atoms with van der Waals surface area (Å²) in [5.41, 5.74) is 0.291. The van der Waals surface area contributed by atoms with Crippen LogP contribution in [0.2, 0.25) is 0 Å². The Balaban J connectivity index is 2.33. The highest BCUT2D eigenvalue weighted by Crippen LogP contribution is 2.39. The number of nitrogens with zero attached hydrogens (tertiary/aromatic N) is 1. The Morgan fingerprint density at radius 2 is 2.38 bits per heavy atom. The lowest BCUT2D eigenvalue weighted by Gasteiger charge is -2.24. The summed E-state index contributed by atoms with van der Waals surface area (Å²) in [5, 5.41) is 0.617. The molecule has 4 heteroatoms. The van der Waals surface area contributed by atoms with Gasteiger partial charge in [-0.15, -0.1) is 0 Å². The zero-order chi connectivity index (χ0) is 11.1. The molecule has 16 heavy (non-hydrogen) atoms. The lowest BCUT2D eigenvalue weighted by Crippen LogP contribution is -2.26. The molecule has 1 aromatic heterocycles. The fraction of sp³-hybridized carbons (Fsp3) is 0.167. The summed E-state index contributed by atoms with van der Waals surface area (Å²) in [6.45, 7) is 4.10. The molecule has 1 aliphatic rings. The van der Waals surface area contributed by atoms with Gasteiger partial charge in [0.05, 0.1) is 0 Å². The number of aromatic nitrogens is 1. The molecule has 81 valence electrons. The first-order valence-electron chi connectivity index (χ1n) is 4.95. The molecule has 1 radical (unpaired) electrons. The Morgan fingerprint density at radius 3 is 3.25 bits per heavy atom. The second-order valence-electron chi connectivity index (χ2n) is 3.64. The van der Waals surface area contributed by atoms with Gasteiger partial charge in [0.25, 0.3) is 0 Å². The van der Waals surface area contributed by atoms with Crippen LogP contribution in [-0.2, 0) is 0 Å². The largest absolute Gasteiger partial charge is 0.486 e. The van der Waals surface area contributed by atoms with Gasteiger partial charge in [-0.3, -0.25) is 4.98 Å². The number of fused-ring (bicyclic) bond motifs is 3. The van der Waals surface area contributed by atoms with Gasteiger partial charge in [-0.2, -0.15) is 0 Å². The highest BCUT2D eigenvalue weighted by Gasteiger charge is 2.22. The van der Waals surface area contributed by atoms with Gasteiger partial charge >= 0.3 is 0 Å². The molecule has 1 aromatic carbocycles. The summed E-state index contributed by atoms with van der Waals surface area (Å²) in [6.07, 6.45) is 1.27. The number of rotatable bonds is 0. The van der Waals surface area contributed by atoms with Gasteiger partial charge < -0.3 is 9.47 Å². The smallest absolute Gasteiger partial charge is 0.171 e. The molecule has 0 N–H and O–H groups in total. The van der Waals surface area contributed by atoms with E-state index in [9.17, 15) is 4.39 Å². The SMILES string of the molecule is [CH2][C@@H]1COc2cc(F)c3ncccc3c2O1. The van der Waals surface area contributed by atoms with Gasteiger partial charge in [0.15, 0.2) is 17.3 Å². The van der Waals surface area contributed by atoms with Crippen LogP contribution >= 0.6 is 0 Å². The molecule has 0 amide bonds. The Kier molecular flexibility index (Phi) is 1.96. The van der Waals surface area contributed by atoms with Crippen LogP contribution in [0.1, 0.15) is 0 Å². The third kappa shape index (κ3) is 1.30. The van der Waals surface area contributed by atoms with Crippen molar-refractivity contribution in [1.82, 2.24) is 4.98 Å². The quantitative estimate of drug-likeness (QED) is 0.680. The van der Waals surface area contributed by atoms with Crippen LogP contribution in [0.3, 0.4) is 0 Å². The van der Waals surface area contributed by atoms with Crippen LogP contribution in [0.25, 0.3) is 10.9 Å². The van der Waals surface area contributed by atoms with Crippen LogP contribution < -0.4 is 9.47 Å². The first kappa shape index (κ1) is 9.39. The molecule has 2 heterocycles. The predicted octanol–water partition coefficient (Wildman–Crippen LogP) is 2.35. The molecule has 0 bridgehead atoms. The Bertz CT molecular complexity index is 556. The van der Waals surface area contributed by atoms with Gasteiger partial charge in [-0.1, -0.05) is 0 Å². The summed E-state index contributed by atoms with van der Waals surface area (Å²) < 4.78 is 24.6. The molecule has 0 spiro atoms. The summed E-state index contributed by atoms with van der Waals surface area (Å²) in [6, 6.07) is 4.79. The predicted molar refractivity (Wildman–Crippen MR) is 57.0 cm³/mol. The van der Waals surface area contributed by atoms with E-state index < -0.39 is 5.82 Å². The molecule has 2 aromatic rings. The Hall–Kier alpha value is -1.84. The summed E-state index contributed by atoms with van der Waals surface area (Å²) in [4.78, 5) is 3.98. The van der Waals surface area contributed by atoms with E-state index in [1.807, 2.05) is 0 Å².